The number of rotatable bonds is 3. The average Bonchev–Trinajstić information content (AvgIpc) is 2.99. The third kappa shape index (κ3) is 4.16. The maximum absolute atomic E-state index is 13.7. The fraction of sp³-hybridized carbons (Fsp3) is 0.480. The second-order valence-corrected chi connectivity index (χ2v) is 12.0. The zero-order valence-electron chi connectivity index (χ0n) is 19.2. The number of sulfonamides is 1. The van der Waals surface area contributed by atoms with E-state index in [9.17, 15) is 18.3 Å². The monoisotopic (exact) mass is 456 g/mol. The lowest BCUT2D eigenvalue weighted by molar-refractivity contribution is 0.0979. The molecule has 0 saturated heterocycles. The third-order valence-electron chi connectivity index (χ3n) is 6.48. The molecule has 1 saturated carbocycles. The molecule has 1 fully saturated rings. The Hall–Kier alpha value is -2.38. The van der Waals surface area contributed by atoms with Crippen LogP contribution in [0.3, 0.4) is 0 Å². The number of carbonyl (C=O) groups excluding carboxylic acids is 1. The molecule has 2 aliphatic rings. The van der Waals surface area contributed by atoms with Gasteiger partial charge in [-0.1, -0.05) is 37.0 Å². The van der Waals surface area contributed by atoms with Gasteiger partial charge in [0, 0.05) is 23.2 Å². The van der Waals surface area contributed by atoms with Gasteiger partial charge in [0.1, 0.15) is 5.75 Å². The van der Waals surface area contributed by atoms with Crippen LogP contribution in [0.5, 0.6) is 5.75 Å². The first-order valence-electron chi connectivity index (χ1n) is 11.2. The van der Waals surface area contributed by atoms with Gasteiger partial charge in [-0.25, -0.2) is 13.1 Å². The van der Waals surface area contributed by atoms with Gasteiger partial charge >= 0.3 is 0 Å². The van der Waals surface area contributed by atoms with E-state index in [0.717, 1.165) is 36.9 Å². The SMILES string of the molecule is Cc1ccc2c(c1)C1(CCCCC1)CN2C(=O)c1cc(S(=O)(=O)NC(C)(C)C)ccc1O. The predicted octanol–water partition coefficient (Wildman–Crippen LogP) is 4.64. The average molecular weight is 457 g/mol. The van der Waals surface area contributed by atoms with E-state index in [-0.39, 0.29) is 27.5 Å². The highest BCUT2D eigenvalue weighted by atomic mass is 32.2. The van der Waals surface area contributed by atoms with Crippen LogP contribution < -0.4 is 9.62 Å². The minimum Gasteiger partial charge on any atom is -0.507 e. The fourth-order valence-electron chi connectivity index (χ4n) is 5.08. The molecule has 32 heavy (non-hydrogen) atoms. The van der Waals surface area contributed by atoms with Gasteiger partial charge in [0.05, 0.1) is 10.5 Å². The molecule has 0 aromatic heterocycles. The number of amides is 1. The van der Waals surface area contributed by atoms with E-state index < -0.39 is 15.6 Å². The van der Waals surface area contributed by atoms with Crippen LogP contribution in [0.25, 0.3) is 0 Å². The van der Waals surface area contributed by atoms with E-state index in [1.54, 1.807) is 25.7 Å². The van der Waals surface area contributed by atoms with Crippen molar-refractivity contribution in [3.8, 4) is 5.75 Å². The highest BCUT2D eigenvalue weighted by Crippen LogP contribution is 2.50. The Labute approximate surface area is 190 Å². The summed E-state index contributed by atoms with van der Waals surface area (Å²) >= 11 is 0. The van der Waals surface area contributed by atoms with Gasteiger partial charge in [0.25, 0.3) is 5.91 Å². The molecule has 1 spiro atoms. The van der Waals surface area contributed by atoms with Crippen LogP contribution >= 0.6 is 0 Å². The highest BCUT2D eigenvalue weighted by molar-refractivity contribution is 7.89. The normalized spacial score (nSPS) is 18.1. The van der Waals surface area contributed by atoms with Crippen LogP contribution in [0.1, 0.15) is 74.4 Å². The van der Waals surface area contributed by atoms with Gasteiger partial charge in [0.2, 0.25) is 10.0 Å². The first-order chi connectivity index (χ1) is 14.9. The van der Waals surface area contributed by atoms with Gasteiger partial charge < -0.3 is 10.0 Å². The molecule has 7 heteroatoms. The Bertz CT molecular complexity index is 1160. The number of hydrogen-bond acceptors (Lipinski definition) is 4. The minimum absolute atomic E-state index is 0.00108. The number of aromatic hydroxyl groups is 1. The summed E-state index contributed by atoms with van der Waals surface area (Å²) in [5.41, 5.74) is 2.49. The Kier molecular flexibility index (Phi) is 5.62. The zero-order valence-corrected chi connectivity index (χ0v) is 20.1. The summed E-state index contributed by atoms with van der Waals surface area (Å²) in [5.74, 6) is -0.592. The van der Waals surface area contributed by atoms with Gasteiger partial charge in [0.15, 0.2) is 0 Å². The molecule has 0 radical (unpaired) electrons. The maximum Gasteiger partial charge on any atom is 0.262 e. The summed E-state index contributed by atoms with van der Waals surface area (Å²) in [7, 11) is -3.84. The summed E-state index contributed by atoms with van der Waals surface area (Å²) in [4.78, 5) is 15.3. The number of phenolic OH excluding ortho intramolecular Hbond substituents is 1. The van der Waals surface area contributed by atoms with Crippen molar-refractivity contribution in [2.75, 3.05) is 11.4 Å². The second-order valence-electron chi connectivity index (χ2n) is 10.3. The lowest BCUT2D eigenvalue weighted by Crippen LogP contribution is -2.40. The summed E-state index contributed by atoms with van der Waals surface area (Å²) in [6.45, 7) is 7.88. The molecular formula is C25H32N2O4S. The quantitative estimate of drug-likeness (QED) is 0.704. The van der Waals surface area contributed by atoms with Crippen molar-refractivity contribution in [2.45, 2.75) is 75.6 Å². The summed E-state index contributed by atoms with van der Waals surface area (Å²) in [6, 6.07) is 10.0. The van der Waals surface area contributed by atoms with E-state index >= 15 is 0 Å². The Morgan fingerprint density at radius 1 is 1.06 bits per heavy atom. The van der Waals surface area contributed by atoms with Crippen molar-refractivity contribution in [1.29, 1.82) is 0 Å². The molecule has 172 valence electrons. The summed E-state index contributed by atoms with van der Waals surface area (Å²) < 4.78 is 28.2. The number of carbonyl (C=O) groups is 1. The van der Waals surface area contributed by atoms with Crippen LogP contribution in [0.4, 0.5) is 5.69 Å². The van der Waals surface area contributed by atoms with Crippen LogP contribution in [0.2, 0.25) is 0 Å². The largest absolute Gasteiger partial charge is 0.507 e. The molecule has 2 aromatic rings. The summed E-state index contributed by atoms with van der Waals surface area (Å²) in [6.07, 6.45) is 5.53. The molecule has 1 amide bonds. The molecule has 1 aliphatic carbocycles. The van der Waals surface area contributed by atoms with Gasteiger partial charge in [-0.2, -0.15) is 0 Å². The molecule has 2 aromatic carbocycles. The summed E-state index contributed by atoms with van der Waals surface area (Å²) in [5, 5.41) is 10.5. The Morgan fingerprint density at radius 2 is 1.75 bits per heavy atom. The molecule has 4 rings (SSSR count). The lowest BCUT2D eigenvalue weighted by atomic mass is 9.70. The van der Waals surface area contributed by atoms with Crippen LogP contribution in [-0.2, 0) is 15.4 Å². The molecular weight excluding hydrogens is 424 g/mol. The van der Waals surface area contributed by atoms with Crippen LogP contribution in [0.15, 0.2) is 41.3 Å². The number of benzene rings is 2. The molecule has 2 N–H and O–H groups in total. The lowest BCUT2D eigenvalue weighted by Gasteiger charge is -2.34. The number of nitrogens with zero attached hydrogens (tertiary/aromatic N) is 1. The number of hydrogen-bond donors (Lipinski definition) is 2. The standard InChI is InChI=1S/C25H32N2O4S/c1-17-8-10-21-20(14-17)25(12-6-5-7-13-25)16-27(21)23(29)19-15-18(9-11-22(19)28)32(30,31)26-24(2,3)4/h8-11,14-15,26,28H,5-7,12-13,16H2,1-4H3. The van der Waals surface area contributed by atoms with Crippen molar-refractivity contribution in [2.24, 2.45) is 0 Å². The van der Waals surface area contributed by atoms with Crippen molar-refractivity contribution >= 4 is 21.6 Å². The number of phenols is 1. The van der Waals surface area contributed by atoms with E-state index in [2.05, 4.69) is 17.7 Å². The molecule has 0 unspecified atom stereocenters. The molecule has 0 bridgehead atoms. The first-order valence-corrected chi connectivity index (χ1v) is 12.7. The van der Waals surface area contributed by atoms with Crippen molar-refractivity contribution in [3.63, 3.8) is 0 Å². The minimum atomic E-state index is -3.84. The van der Waals surface area contributed by atoms with Gasteiger partial charge in [-0.15, -0.1) is 0 Å². The van der Waals surface area contributed by atoms with Crippen molar-refractivity contribution in [3.05, 3.63) is 53.1 Å². The predicted molar refractivity (Wildman–Crippen MR) is 126 cm³/mol. The molecule has 0 atom stereocenters. The fourth-order valence-corrected chi connectivity index (χ4v) is 6.53. The first kappa shape index (κ1) is 22.8. The number of anilines is 1. The third-order valence-corrected chi connectivity index (χ3v) is 8.24. The number of fused-ring (bicyclic) bond motifs is 2. The Balaban J connectivity index is 1.74. The van der Waals surface area contributed by atoms with E-state index in [1.807, 2.05) is 12.1 Å². The second kappa shape index (κ2) is 7.89. The number of nitrogens with one attached hydrogen (secondary N) is 1. The molecule has 1 heterocycles. The van der Waals surface area contributed by atoms with E-state index in [4.69, 9.17) is 0 Å². The van der Waals surface area contributed by atoms with Crippen LogP contribution in [0, 0.1) is 6.92 Å². The number of aryl methyl sites for hydroxylation is 1. The maximum atomic E-state index is 13.7. The van der Waals surface area contributed by atoms with Gasteiger partial charge in [-0.05, 0) is 70.4 Å². The topological polar surface area (TPSA) is 86.7 Å². The van der Waals surface area contributed by atoms with Crippen LogP contribution in [-0.4, -0.2) is 31.5 Å². The van der Waals surface area contributed by atoms with Crippen molar-refractivity contribution < 1.29 is 18.3 Å². The zero-order chi connectivity index (χ0) is 23.3. The van der Waals surface area contributed by atoms with E-state index in [0.29, 0.717) is 6.54 Å². The molecule has 6 nitrogen and oxygen atoms in total. The Morgan fingerprint density at radius 3 is 2.41 bits per heavy atom. The van der Waals surface area contributed by atoms with E-state index in [1.165, 1.54) is 30.2 Å². The van der Waals surface area contributed by atoms with Gasteiger partial charge in [-0.3, -0.25) is 4.79 Å². The van der Waals surface area contributed by atoms with Crippen molar-refractivity contribution in [1.82, 2.24) is 4.72 Å². The smallest absolute Gasteiger partial charge is 0.262 e. The molecule has 1 aliphatic heterocycles. The highest BCUT2D eigenvalue weighted by Gasteiger charge is 2.45.